The second-order valence-electron chi connectivity index (χ2n) is 7.48. The summed E-state index contributed by atoms with van der Waals surface area (Å²) in [6.45, 7) is 1.80. The van der Waals surface area contributed by atoms with Crippen LogP contribution in [0.25, 0.3) is 11.1 Å². The van der Waals surface area contributed by atoms with Crippen LogP contribution in [0.5, 0.6) is 0 Å². The second kappa shape index (κ2) is 8.07. The molecule has 1 aromatic heterocycles. The van der Waals surface area contributed by atoms with Crippen molar-refractivity contribution >= 4 is 5.95 Å². The van der Waals surface area contributed by atoms with Crippen molar-refractivity contribution < 1.29 is 4.39 Å². The summed E-state index contributed by atoms with van der Waals surface area (Å²) in [6, 6.07) is 17.4. The minimum absolute atomic E-state index is 0.195. The van der Waals surface area contributed by atoms with Crippen LogP contribution in [-0.2, 0) is 6.54 Å². The highest BCUT2D eigenvalue weighted by Crippen LogP contribution is 2.37. The predicted octanol–water partition coefficient (Wildman–Crippen LogP) is 4.69. The maximum Gasteiger partial charge on any atom is 0.225 e. The van der Waals surface area contributed by atoms with E-state index in [4.69, 9.17) is 4.98 Å². The van der Waals surface area contributed by atoms with E-state index in [9.17, 15) is 4.39 Å². The first kappa shape index (κ1) is 18.6. The molecule has 1 saturated heterocycles. The molecule has 1 aliphatic rings. The third-order valence-electron chi connectivity index (χ3n) is 5.27. The zero-order chi connectivity index (χ0) is 19.5. The standard InChI is InChI=1S/C23H25FN4/c1-27(2)23-25-15-20(18-7-4-3-5-8-18)22(26-23)21-9-6-14-28(21)16-17-10-12-19(24)13-11-17/h3-5,7-8,10-13,15,21H,6,9,14,16H2,1-2H3/t21-/m1/s1. The van der Waals surface area contributed by atoms with E-state index in [0.717, 1.165) is 54.3 Å². The summed E-state index contributed by atoms with van der Waals surface area (Å²) < 4.78 is 13.3. The van der Waals surface area contributed by atoms with Gasteiger partial charge < -0.3 is 4.90 Å². The molecule has 3 aromatic rings. The summed E-state index contributed by atoms with van der Waals surface area (Å²) in [7, 11) is 3.93. The number of likely N-dealkylation sites (tertiary alicyclic amines) is 1. The normalized spacial score (nSPS) is 17.0. The molecule has 28 heavy (non-hydrogen) atoms. The molecule has 4 nitrogen and oxygen atoms in total. The summed E-state index contributed by atoms with van der Waals surface area (Å²) in [5.74, 6) is 0.530. The Morgan fingerprint density at radius 3 is 2.54 bits per heavy atom. The van der Waals surface area contributed by atoms with Gasteiger partial charge in [0.1, 0.15) is 5.82 Å². The topological polar surface area (TPSA) is 32.3 Å². The first-order valence-electron chi connectivity index (χ1n) is 9.70. The van der Waals surface area contributed by atoms with Crippen LogP contribution >= 0.6 is 0 Å². The van der Waals surface area contributed by atoms with Crippen LogP contribution in [0.15, 0.2) is 60.8 Å². The quantitative estimate of drug-likeness (QED) is 0.647. The SMILES string of the molecule is CN(C)c1ncc(-c2ccccc2)c([C@H]2CCCN2Cc2ccc(F)cc2)n1. The molecule has 0 radical (unpaired) electrons. The van der Waals surface area contributed by atoms with E-state index >= 15 is 0 Å². The Hall–Kier alpha value is -2.79. The zero-order valence-electron chi connectivity index (χ0n) is 16.3. The fourth-order valence-electron chi connectivity index (χ4n) is 3.84. The Bertz CT molecular complexity index is 925. The molecule has 4 rings (SSSR count). The monoisotopic (exact) mass is 376 g/mol. The van der Waals surface area contributed by atoms with Crippen molar-refractivity contribution in [1.29, 1.82) is 0 Å². The van der Waals surface area contributed by atoms with Crippen LogP contribution in [-0.4, -0.2) is 35.5 Å². The van der Waals surface area contributed by atoms with Crippen molar-refractivity contribution in [2.75, 3.05) is 25.5 Å². The third-order valence-corrected chi connectivity index (χ3v) is 5.27. The van der Waals surface area contributed by atoms with Gasteiger partial charge in [0.2, 0.25) is 5.95 Å². The minimum Gasteiger partial charge on any atom is -0.347 e. The number of rotatable bonds is 5. The number of aromatic nitrogens is 2. The van der Waals surface area contributed by atoms with Crippen molar-refractivity contribution in [2.24, 2.45) is 0 Å². The Morgan fingerprint density at radius 1 is 1.07 bits per heavy atom. The molecule has 0 bridgehead atoms. The van der Waals surface area contributed by atoms with Gasteiger partial charge in [-0.05, 0) is 42.6 Å². The van der Waals surface area contributed by atoms with Gasteiger partial charge in [-0.15, -0.1) is 0 Å². The lowest BCUT2D eigenvalue weighted by Crippen LogP contribution is -2.25. The summed E-state index contributed by atoms with van der Waals surface area (Å²) >= 11 is 0. The highest BCUT2D eigenvalue weighted by Gasteiger charge is 2.30. The summed E-state index contributed by atoms with van der Waals surface area (Å²) in [5.41, 5.74) is 4.42. The average Bonchev–Trinajstić information content (AvgIpc) is 3.18. The molecular formula is C23H25FN4. The number of halogens is 1. The zero-order valence-corrected chi connectivity index (χ0v) is 16.3. The number of nitrogens with zero attached hydrogens (tertiary/aromatic N) is 4. The van der Waals surface area contributed by atoms with Gasteiger partial charge in [-0.2, -0.15) is 0 Å². The Kier molecular flexibility index (Phi) is 5.35. The van der Waals surface area contributed by atoms with Crippen LogP contribution in [0.4, 0.5) is 10.3 Å². The van der Waals surface area contributed by atoms with Gasteiger partial charge in [0.05, 0.1) is 11.7 Å². The van der Waals surface area contributed by atoms with E-state index in [2.05, 4.69) is 22.0 Å². The van der Waals surface area contributed by atoms with Gasteiger partial charge in [0.25, 0.3) is 0 Å². The van der Waals surface area contributed by atoms with E-state index < -0.39 is 0 Å². The molecular weight excluding hydrogens is 351 g/mol. The Balaban J connectivity index is 1.71. The van der Waals surface area contributed by atoms with E-state index in [1.165, 1.54) is 12.1 Å². The molecule has 1 aliphatic heterocycles. The molecule has 5 heteroatoms. The van der Waals surface area contributed by atoms with Gasteiger partial charge in [-0.1, -0.05) is 42.5 Å². The lowest BCUT2D eigenvalue weighted by molar-refractivity contribution is 0.245. The number of anilines is 1. The van der Waals surface area contributed by atoms with Crippen molar-refractivity contribution in [3.05, 3.63) is 77.9 Å². The van der Waals surface area contributed by atoms with Crippen molar-refractivity contribution in [1.82, 2.24) is 14.9 Å². The predicted molar refractivity (Wildman–Crippen MR) is 111 cm³/mol. The number of hydrogen-bond acceptors (Lipinski definition) is 4. The second-order valence-corrected chi connectivity index (χ2v) is 7.48. The largest absolute Gasteiger partial charge is 0.347 e. The lowest BCUT2D eigenvalue weighted by atomic mass is 9.99. The minimum atomic E-state index is -0.195. The maximum absolute atomic E-state index is 13.3. The molecule has 1 atom stereocenters. The lowest BCUT2D eigenvalue weighted by Gasteiger charge is -2.26. The first-order chi connectivity index (χ1) is 13.6. The van der Waals surface area contributed by atoms with E-state index in [1.54, 1.807) is 0 Å². The van der Waals surface area contributed by atoms with E-state index in [-0.39, 0.29) is 11.9 Å². The molecule has 0 saturated carbocycles. The molecule has 2 aromatic carbocycles. The Morgan fingerprint density at radius 2 is 1.82 bits per heavy atom. The van der Waals surface area contributed by atoms with Gasteiger partial charge in [0.15, 0.2) is 0 Å². The number of benzene rings is 2. The summed E-state index contributed by atoms with van der Waals surface area (Å²) in [5, 5.41) is 0. The van der Waals surface area contributed by atoms with Crippen LogP contribution in [0, 0.1) is 5.82 Å². The van der Waals surface area contributed by atoms with Crippen molar-refractivity contribution in [2.45, 2.75) is 25.4 Å². The molecule has 0 aliphatic carbocycles. The third kappa shape index (κ3) is 3.90. The number of hydrogen-bond donors (Lipinski definition) is 0. The molecule has 0 amide bonds. The summed E-state index contributed by atoms with van der Waals surface area (Å²) in [6.07, 6.45) is 4.13. The van der Waals surface area contributed by atoms with Crippen LogP contribution < -0.4 is 4.90 Å². The molecule has 144 valence electrons. The molecule has 0 spiro atoms. The fourth-order valence-corrected chi connectivity index (χ4v) is 3.84. The fraction of sp³-hybridized carbons (Fsp3) is 0.304. The smallest absolute Gasteiger partial charge is 0.225 e. The maximum atomic E-state index is 13.3. The van der Waals surface area contributed by atoms with Gasteiger partial charge in [-0.3, -0.25) is 4.90 Å². The molecule has 1 fully saturated rings. The van der Waals surface area contributed by atoms with E-state index in [0.29, 0.717) is 0 Å². The van der Waals surface area contributed by atoms with Gasteiger partial charge in [0, 0.05) is 32.4 Å². The summed E-state index contributed by atoms with van der Waals surface area (Å²) in [4.78, 5) is 13.9. The van der Waals surface area contributed by atoms with Crippen LogP contribution in [0.2, 0.25) is 0 Å². The van der Waals surface area contributed by atoms with E-state index in [1.807, 2.05) is 55.5 Å². The van der Waals surface area contributed by atoms with Crippen LogP contribution in [0.3, 0.4) is 0 Å². The van der Waals surface area contributed by atoms with Crippen molar-refractivity contribution in [3.8, 4) is 11.1 Å². The van der Waals surface area contributed by atoms with Gasteiger partial charge >= 0.3 is 0 Å². The molecule has 0 N–H and O–H groups in total. The van der Waals surface area contributed by atoms with Crippen LogP contribution in [0.1, 0.15) is 30.1 Å². The highest BCUT2D eigenvalue weighted by atomic mass is 19.1. The molecule has 0 unspecified atom stereocenters. The highest BCUT2D eigenvalue weighted by molar-refractivity contribution is 5.66. The average molecular weight is 376 g/mol. The van der Waals surface area contributed by atoms with Gasteiger partial charge in [-0.25, -0.2) is 14.4 Å². The first-order valence-corrected chi connectivity index (χ1v) is 9.70. The Labute approximate surface area is 165 Å². The molecule has 2 heterocycles. The van der Waals surface area contributed by atoms with Crippen molar-refractivity contribution in [3.63, 3.8) is 0 Å².